The minimum absolute atomic E-state index is 0.00653. The lowest BCUT2D eigenvalue weighted by Crippen LogP contribution is -2.37. The molecule has 0 fully saturated rings. The van der Waals surface area contributed by atoms with Crippen LogP contribution in [0.2, 0.25) is 0 Å². The van der Waals surface area contributed by atoms with E-state index in [-0.39, 0.29) is 5.78 Å². The zero-order valence-corrected chi connectivity index (χ0v) is 13.3. The van der Waals surface area contributed by atoms with E-state index in [2.05, 4.69) is 22.9 Å². The molecule has 1 aromatic rings. The van der Waals surface area contributed by atoms with Crippen LogP contribution >= 0.6 is 27.7 Å². The smallest absolute Gasteiger partial charge is 0.191 e. The molecule has 0 amide bonds. The third-order valence-corrected chi connectivity index (χ3v) is 4.46. The number of ketones is 1. The quantitative estimate of drug-likeness (QED) is 0.448. The fourth-order valence-corrected chi connectivity index (χ4v) is 3.10. The molecule has 0 radical (unpaired) electrons. The van der Waals surface area contributed by atoms with Crippen LogP contribution in [0.25, 0.3) is 0 Å². The highest BCUT2D eigenvalue weighted by atomic mass is 79.9. The number of rotatable bonds is 6. The molecule has 3 nitrogen and oxygen atoms in total. The van der Waals surface area contributed by atoms with Gasteiger partial charge in [0.1, 0.15) is 6.61 Å². The first-order valence-electron chi connectivity index (χ1n) is 6.39. The molecule has 1 heterocycles. The van der Waals surface area contributed by atoms with E-state index in [1.807, 2.05) is 30.0 Å². The molecule has 1 atom stereocenters. The summed E-state index contributed by atoms with van der Waals surface area (Å²) in [6.07, 6.45) is 1.92. The predicted molar refractivity (Wildman–Crippen MR) is 80.8 cm³/mol. The molecule has 0 aliphatic carbocycles. The van der Waals surface area contributed by atoms with E-state index in [0.29, 0.717) is 17.7 Å². The van der Waals surface area contributed by atoms with Crippen molar-refractivity contribution in [1.82, 2.24) is 0 Å². The number of halogens is 1. The number of carbonyl (C=O) groups is 1. The fourth-order valence-electron chi connectivity index (χ4n) is 1.72. The van der Waals surface area contributed by atoms with Crippen molar-refractivity contribution in [2.45, 2.75) is 30.8 Å². The first-order valence-corrected chi connectivity index (χ1v) is 8.50. The number of Topliss-reactive ketones (excluding diaryl/α,β-unsaturated/α-hetero) is 1. The van der Waals surface area contributed by atoms with Gasteiger partial charge in [-0.1, -0.05) is 29.3 Å². The first kappa shape index (κ1) is 14.7. The van der Waals surface area contributed by atoms with Gasteiger partial charge in [0, 0.05) is 4.90 Å². The second-order valence-electron chi connectivity index (χ2n) is 4.33. The van der Waals surface area contributed by atoms with E-state index in [1.54, 1.807) is 0 Å². The van der Waals surface area contributed by atoms with Crippen LogP contribution < -0.4 is 9.47 Å². The van der Waals surface area contributed by atoms with Gasteiger partial charge < -0.3 is 9.47 Å². The van der Waals surface area contributed by atoms with Crippen molar-refractivity contribution in [3.05, 3.63) is 18.2 Å². The van der Waals surface area contributed by atoms with Crippen LogP contribution in [0.5, 0.6) is 11.5 Å². The molecule has 1 unspecified atom stereocenters. The molecule has 2 rings (SSSR count). The average Bonchev–Trinajstić information content (AvgIpc) is 2.46. The maximum absolute atomic E-state index is 11.6. The SMILES string of the molecule is CCCCSc1ccc2c(c1)OCC(C(=O)CBr)O2. The zero-order valence-electron chi connectivity index (χ0n) is 10.9. The summed E-state index contributed by atoms with van der Waals surface area (Å²) in [6.45, 7) is 2.48. The second-order valence-corrected chi connectivity index (χ2v) is 6.06. The van der Waals surface area contributed by atoms with Crippen molar-refractivity contribution in [2.24, 2.45) is 0 Å². The van der Waals surface area contributed by atoms with Gasteiger partial charge in [0.2, 0.25) is 0 Å². The van der Waals surface area contributed by atoms with Crippen molar-refractivity contribution < 1.29 is 14.3 Å². The molecule has 104 valence electrons. The minimum Gasteiger partial charge on any atom is -0.485 e. The molecule has 1 aliphatic heterocycles. The number of unbranched alkanes of at least 4 members (excludes halogenated alkanes) is 1. The fraction of sp³-hybridized carbons (Fsp3) is 0.500. The molecule has 19 heavy (non-hydrogen) atoms. The number of benzene rings is 1. The van der Waals surface area contributed by atoms with Crippen LogP contribution in [-0.2, 0) is 4.79 Å². The Bertz CT molecular complexity index is 450. The number of ether oxygens (including phenoxy) is 2. The number of thioether (sulfide) groups is 1. The molecular formula is C14H17BrO3S. The Morgan fingerprint density at radius 2 is 2.32 bits per heavy atom. The van der Waals surface area contributed by atoms with E-state index in [1.165, 1.54) is 17.7 Å². The molecule has 0 aromatic heterocycles. The summed E-state index contributed by atoms with van der Waals surface area (Å²) < 4.78 is 11.3. The summed E-state index contributed by atoms with van der Waals surface area (Å²) in [5.41, 5.74) is 0. The van der Waals surface area contributed by atoms with E-state index in [0.717, 1.165) is 11.5 Å². The van der Waals surface area contributed by atoms with Gasteiger partial charge in [-0.25, -0.2) is 0 Å². The largest absolute Gasteiger partial charge is 0.485 e. The first-order chi connectivity index (χ1) is 9.24. The van der Waals surface area contributed by atoms with Crippen LogP contribution in [0.15, 0.2) is 23.1 Å². The van der Waals surface area contributed by atoms with Crippen molar-refractivity contribution >= 4 is 33.5 Å². The highest BCUT2D eigenvalue weighted by Crippen LogP contribution is 2.35. The molecular weight excluding hydrogens is 328 g/mol. The lowest BCUT2D eigenvalue weighted by molar-refractivity contribution is -0.125. The number of hydrogen-bond acceptors (Lipinski definition) is 4. The Labute approximate surface area is 126 Å². The molecule has 0 saturated heterocycles. The third kappa shape index (κ3) is 3.89. The Kier molecular flexibility index (Phi) is 5.58. The maximum Gasteiger partial charge on any atom is 0.191 e. The Morgan fingerprint density at radius 3 is 3.05 bits per heavy atom. The molecule has 1 aliphatic rings. The van der Waals surface area contributed by atoms with Gasteiger partial charge in [-0.15, -0.1) is 11.8 Å². The van der Waals surface area contributed by atoms with Gasteiger partial charge in [0.25, 0.3) is 0 Å². The van der Waals surface area contributed by atoms with Crippen molar-refractivity contribution in [2.75, 3.05) is 17.7 Å². The monoisotopic (exact) mass is 344 g/mol. The van der Waals surface area contributed by atoms with Crippen LogP contribution in [-0.4, -0.2) is 29.6 Å². The molecule has 5 heteroatoms. The van der Waals surface area contributed by atoms with Crippen LogP contribution in [0.4, 0.5) is 0 Å². The van der Waals surface area contributed by atoms with Crippen LogP contribution in [0, 0.1) is 0 Å². The summed E-state index contributed by atoms with van der Waals surface area (Å²) >= 11 is 4.97. The van der Waals surface area contributed by atoms with Gasteiger partial charge in [-0.3, -0.25) is 4.79 Å². The van der Waals surface area contributed by atoms with Gasteiger partial charge >= 0.3 is 0 Å². The molecule has 0 spiro atoms. The number of alkyl halides is 1. The molecule has 0 bridgehead atoms. The predicted octanol–water partition coefficient (Wildman–Crippen LogP) is 3.68. The standard InChI is InChI=1S/C14H17BrO3S/c1-2-3-6-19-10-4-5-12-13(7-10)17-9-14(18-12)11(16)8-15/h4-5,7,14H,2-3,6,8-9H2,1H3. The summed E-state index contributed by atoms with van der Waals surface area (Å²) in [5, 5.41) is 0.293. The summed E-state index contributed by atoms with van der Waals surface area (Å²) in [6, 6.07) is 5.89. The zero-order chi connectivity index (χ0) is 13.7. The van der Waals surface area contributed by atoms with Gasteiger partial charge in [-0.2, -0.15) is 0 Å². The Hall–Kier alpha value is -0.680. The van der Waals surface area contributed by atoms with E-state index in [9.17, 15) is 4.79 Å². The molecule has 0 N–H and O–H groups in total. The third-order valence-electron chi connectivity index (χ3n) is 2.83. The Morgan fingerprint density at radius 1 is 1.47 bits per heavy atom. The Balaban J connectivity index is 2.01. The second kappa shape index (κ2) is 7.20. The summed E-state index contributed by atoms with van der Waals surface area (Å²) in [7, 11) is 0. The topological polar surface area (TPSA) is 35.5 Å². The van der Waals surface area contributed by atoms with E-state index < -0.39 is 6.10 Å². The van der Waals surface area contributed by atoms with E-state index >= 15 is 0 Å². The van der Waals surface area contributed by atoms with Crippen LogP contribution in [0.1, 0.15) is 19.8 Å². The normalized spacial score (nSPS) is 17.3. The number of fused-ring (bicyclic) bond motifs is 1. The van der Waals surface area contributed by atoms with Crippen molar-refractivity contribution in [3.8, 4) is 11.5 Å². The maximum atomic E-state index is 11.6. The van der Waals surface area contributed by atoms with Gasteiger partial charge in [0.05, 0.1) is 5.33 Å². The number of hydrogen-bond donors (Lipinski definition) is 0. The lowest BCUT2D eigenvalue weighted by Gasteiger charge is -2.25. The summed E-state index contributed by atoms with van der Waals surface area (Å²) in [4.78, 5) is 12.7. The minimum atomic E-state index is -0.495. The highest BCUT2D eigenvalue weighted by Gasteiger charge is 2.26. The summed E-state index contributed by atoms with van der Waals surface area (Å²) in [5.74, 6) is 2.51. The average molecular weight is 345 g/mol. The van der Waals surface area contributed by atoms with Crippen molar-refractivity contribution in [1.29, 1.82) is 0 Å². The van der Waals surface area contributed by atoms with E-state index in [4.69, 9.17) is 9.47 Å². The molecule has 0 saturated carbocycles. The lowest BCUT2D eigenvalue weighted by atomic mass is 10.2. The van der Waals surface area contributed by atoms with Gasteiger partial charge in [0.15, 0.2) is 23.4 Å². The van der Waals surface area contributed by atoms with Gasteiger partial charge in [-0.05, 0) is 30.4 Å². The van der Waals surface area contributed by atoms with Crippen molar-refractivity contribution in [3.63, 3.8) is 0 Å². The highest BCUT2D eigenvalue weighted by molar-refractivity contribution is 9.09. The van der Waals surface area contributed by atoms with Crippen LogP contribution in [0.3, 0.4) is 0 Å². The number of carbonyl (C=O) groups excluding carboxylic acids is 1. The molecule has 1 aromatic carbocycles.